The summed E-state index contributed by atoms with van der Waals surface area (Å²) in [6.45, 7) is -5.57. The summed E-state index contributed by atoms with van der Waals surface area (Å²) >= 11 is 0. The SMILES string of the molecule is CO[C@H]1O[C@H](CO)[C@@H](O[C@H]2O[C@H](CO[C@@H]3O[C@H](CO[C@@H]4O[C@H](CO[C@@H]5O[C@H](CO[C@@H]6O[C@H](CO[C@@H]7O[C@H](CO)[C@@H](O)[C@H](O)[C@H]7O)[C@@H](O)[C@H](O)[C@H]6O)[C@@H](O)[C@H](O)[C@H]5O)[C@@H](O)[C@H](O)[C@H]4O)[C@@H](O)[C@H](O)[C@H]3O)[C@@H](O)[C@H](O)[C@H]2O)[C@H](O)[C@@H]1O. The van der Waals surface area contributed by atoms with Gasteiger partial charge in [-0.2, -0.15) is 0 Å². The lowest BCUT2D eigenvalue weighted by Gasteiger charge is -2.46. The maximum atomic E-state index is 10.8. The second-order valence-corrected chi connectivity index (χ2v) is 20.0. The van der Waals surface area contributed by atoms with Gasteiger partial charge in [-0.25, -0.2) is 0 Å². The topological polar surface area (TPSA) is 574 Å². The van der Waals surface area contributed by atoms with Gasteiger partial charge in [0.2, 0.25) is 0 Å². The van der Waals surface area contributed by atoms with Gasteiger partial charge in [-0.1, -0.05) is 0 Å². The van der Waals surface area contributed by atoms with Gasteiger partial charge in [0.05, 0.1) is 46.2 Å². The van der Waals surface area contributed by atoms with Crippen LogP contribution in [0.25, 0.3) is 0 Å². The van der Waals surface area contributed by atoms with Gasteiger partial charge < -0.3 is 179 Å². The van der Waals surface area contributed by atoms with Crippen molar-refractivity contribution in [3.05, 3.63) is 0 Å². The van der Waals surface area contributed by atoms with Crippen LogP contribution >= 0.6 is 0 Å². The summed E-state index contributed by atoms with van der Waals surface area (Å²) < 4.78 is 76.8. The molecule has 7 aliphatic rings. The van der Waals surface area contributed by atoms with Gasteiger partial charge in [0.1, 0.15) is 171 Å². The maximum absolute atomic E-state index is 10.8. The number of hydrogen-bond acceptors (Lipinski definition) is 36. The van der Waals surface area contributed by atoms with Gasteiger partial charge in [0, 0.05) is 7.11 Å². The van der Waals surface area contributed by atoms with Crippen LogP contribution in [0.3, 0.4) is 0 Å². The molecule has 462 valence electrons. The molecule has 0 aromatic carbocycles. The second kappa shape index (κ2) is 28.2. The Labute approximate surface area is 446 Å². The van der Waals surface area contributed by atoms with Crippen LogP contribution in [-0.2, 0) is 66.3 Å². The van der Waals surface area contributed by atoms with Crippen LogP contribution in [0.2, 0.25) is 0 Å². The van der Waals surface area contributed by atoms with Crippen molar-refractivity contribution in [3.63, 3.8) is 0 Å². The highest BCUT2D eigenvalue weighted by Crippen LogP contribution is 2.33. The van der Waals surface area contributed by atoms with E-state index in [0.717, 1.165) is 7.11 Å². The van der Waals surface area contributed by atoms with Crippen LogP contribution < -0.4 is 0 Å². The Balaban J connectivity index is 0.910. The standard InChI is InChI=1S/C43H74O36/c1-66-37-35(65)28(58)36(10(3-45)73-37)79-43-34(64)27(57)21(51)15(78-43)8-71-42-33(63)26(56)20(50)14(77-42)7-70-41-32(62)25(55)19(49)13(76-41)6-69-40-31(61)24(54)18(48)12(75-40)5-68-39-30(60)23(53)17(47)11(74-39)4-67-38-29(59)22(52)16(46)9(2-44)72-38/h9-65H,2-8H2,1H3/t9-,10-,11-,12-,13-,14-,15-,16-,17-,18-,19-,20-,21-,22+,23+,24+,25+,26+,27+,28-,29-,30-,31-,32-,33-,34-,35+,36-,37+,38-,39-,40-,41-,42-,43-/m1/s1. The minimum atomic E-state index is -2.06. The zero-order valence-electron chi connectivity index (χ0n) is 41.7. The molecule has 7 aliphatic heterocycles. The van der Waals surface area contributed by atoms with Crippen LogP contribution in [0, 0.1) is 0 Å². The minimum Gasteiger partial charge on any atom is -0.394 e. The molecule has 0 saturated carbocycles. The lowest BCUT2D eigenvalue weighted by atomic mass is 9.97. The second-order valence-electron chi connectivity index (χ2n) is 20.0. The molecule has 36 heteroatoms. The molecule has 0 aliphatic carbocycles. The number of hydrogen-bond donors (Lipinski definition) is 22. The van der Waals surface area contributed by atoms with E-state index in [-0.39, 0.29) is 0 Å². The summed E-state index contributed by atoms with van der Waals surface area (Å²) in [5, 5.41) is 231. The molecule has 0 unspecified atom stereocenters. The number of aliphatic hydroxyl groups is 22. The van der Waals surface area contributed by atoms with Crippen molar-refractivity contribution in [3.8, 4) is 0 Å². The molecule has 7 rings (SSSR count). The fourth-order valence-corrected chi connectivity index (χ4v) is 9.66. The van der Waals surface area contributed by atoms with Gasteiger partial charge in [0.15, 0.2) is 44.0 Å². The van der Waals surface area contributed by atoms with Crippen LogP contribution in [0.15, 0.2) is 0 Å². The molecular weight excluding hydrogens is 1090 g/mol. The third-order valence-electron chi connectivity index (χ3n) is 14.7. The van der Waals surface area contributed by atoms with Gasteiger partial charge in [0.25, 0.3) is 0 Å². The summed E-state index contributed by atoms with van der Waals surface area (Å²) in [6, 6.07) is 0. The van der Waals surface area contributed by atoms with Crippen molar-refractivity contribution < 1.29 is 179 Å². The van der Waals surface area contributed by atoms with Crippen LogP contribution in [0.5, 0.6) is 0 Å². The molecule has 0 amide bonds. The molecule has 7 heterocycles. The summed E-state index contributed by atoms with van der Waals surface area (Å²) in [7, 11) is 1.16. The Morgan fingerprint density at radius 3 is 0.722 bits per heavy atom. The maximum Gasteiger partial charge on any atom is 0.187 e. The van der Waals surface area contributed by atoms with Crippen molar-refractivity contribution in [1.29, 1.82) is 0 Å². The zero-order valence-corrected chi connectivity index (χ0v) is 41.7. The smallest absolute Gasteiger partial charge is 0.187 e. The van der Waals surface area contributed by atoms with Crippen LogP contribution in [0.1, 0.15) is 0 Å². The molecule has 22 N–H and O–H groups in total. The van der Waals surface area contributed by atoms with Crippen molar-refractivity contribution in [2.24, 2.45) is 0 Å². The molecular formula is C43H74O36. The van der Waals surface area contributed by atoms with Crippen LogP contribution in [0.4, 0.5) is 0 Å². The van der Waals surface area contributed by atoms with Gasteiger partial charge >= 0.3 is 0 Å². The third kappa shape index (κ3) is 14.1. The highest BCUT2D eigenvalue weighted by molar-refractivity contribution is 4.98. The number of ether oxygens (including phenoxy) is 14. The largest absolute Gasteiger partial charge is 0.394 e. The lowest BCUT2D eigenvalue weighted by molar-refractivity contribution is -0.365. The quantitative estimate of drug-likeness (QED) is 0.0538. The molecule has 0 bridgehead atoms. The first-order chi connectivity index (χ1) is 37.3. The van der Waals surface area contributed by atoms with E-state index < -0.39 is 261 Å². The Morgan fingerprint density at radius 1 is 0.241 bits per heavy atom. The Kier molecular flexibility index (Phi) is 23.2. The van der Waals surface area contributed by atoms with Crippen LogP contribution in [-0.4, -0.2) is 381 Å². The molecule has 7 saturated heterocycles. The average Bonchev–Trinajstić information content (AvgIpc) is 3.49. The molecule has 36 nitrogen and oxygen atoms in total. The van der Waals surface area contributed by atoms with E-state index in [1.54, 1.807) is 0 Å². The first-order valence-corrected chi connectivity index (χ1v) is 25.0. The van der Waals surface area contributed by atoms with Crippen molar-refractivity contribution in [1.82, 2.24) is 0 Å². The molecule has 0 spiro atoms. The monoisotopic (exact) mass is 1170 g/mol. The van der Waals surface area contributed by atoms with E-state index in [1.165, 1.54) is 0 Å². The summed E-state index contributed by atoms with van der Waals surface area (Å²) in [5.74, 6) is 0. The predicted molar refractivity (Wildman–Crippen MR) is 237 cm³/mol. The predicted octanol–water partition coefficient (Wildman–Crippen LogP) is -15.6. The molecule has 0 aromatic rings. The highest BCUT2D eigenvalue weighted by Gasteiger charge is 2.54. The van der Waals surface area contributed by atoms with Gasteiger partial charge in [-0.15, -0.1) is 0 Å². The normalized spacial score (nSPS) is 53.0. The third-order valence-corrected chi connectivity index (χ3v) is 14.7. The molecule has 79 heavy (non-hydrogen) atoms. The van der Waals surface area contributed by atoms with Crippen molar-refractivity contribution in [2.45, 2.75) is 215 Å². The molecule has 35 atom stereocenters. The fourth-order valence-electron chi connectivity index (χ4n) is 9.66. The van der Waals surface area contributed by atoms with Crippen molar-refractivity contribution in [2.75, 3.05) is 53.4 Å². The Bertz CT molecular complexity index is 1830. The fraction of sp³-hybridized carbons (Fsp3) is 1.00. The van der Waals surface area contributed by atoms with E-state index >= 15 is 0 Å². The highest BCUT2D eigenvalue weighted by atomic mass is 16.8. The summed E-state index contributed by atoms with van der Waals surface area (Å²) in [6.07, 6.45) is -63.7. The van der Waals surface area contributed by atoms with E-state index in [4.69, 9.17) is 66.3 Å². The number of methoxy groups -OCH3 is 1. The van der Waals surface area contributed by atoms with E-state index in [0.29, 0.717) is 0 Å². The molecule has 0 radical (unpaired) electrons. The zero-order chi connectivity index (χ0) is 58.1. The Morgan fingerprint density at radius 2 is 0.456 bits per heavy atom. The van der Waals surface area contributed by atoms with E-state index in [2.05, 4.69) is 0 Å². The lowest BCUT2D eigenvalue weighted by Crippen LogP contribution is -2.65. The van der Waals surface area contributed by atoms with E-state index in [9.17, 15) is 112 Å². The first kappa shape index (κ1) is 65.1. The van der Waals surface area contributed by atoms with Gasteiger partial charge in [-0.3, -0.25) is 0 Å². The van der Waals surface area contributed by atoms with E-state index in [1.807, 2.05) is 0 Å². The van der Waals surface area contributed by atoms with Crippen molar-refractivity contribution >= 4 is 0 Å². The minimum absolute atomic E-state index is 0.712. The Hall–Kier alpha value is -1.44. The number of aliphatic hydroxyl groups excluding tert-OH is 22. The average molecular weight is 1170 g/mol. The first-order valence-electron chi connectivity index (χ1n) is 25.0. The molecule has 7 fully saturated rings. The molecule has 0 aromatic heterocycles. The summed E-state index contributed by atoms with van der Waals surface area (Å²) in [5.41, 5.74) is 0. The van der Waals surface area contributed by atoms with Gasteiger partial charge in [-0.05, 0) is 0 Å². The number of rotatable bonds is 20. The summed E-state index contributed by atoms with van der Waals surface area (Å²) in [4.78, 5) is 0.